The van der Waals surface area contributed by atoms with Gasteiger partial charge in [0.05, 0.1) is 18.4 Å². The molecule has 0 aliphatic heterocycles. The molecule has 0 aliphatic carbocycles. The standard InChI is InChI=1S/C11H10BrN5OS/c1-7-4-19-9-8(7)13-5-16(10(9)18)2-3-17-6-14-11(12)15-17/h4-6H,2-3H2,1H3. The number of thiophene rings is 1. The number of fused-ring (bicyclic) bond motifs is 1. The van der Waals surface area contributed by atoms with E-state index in [-0.39, 0.29) is 5.56 Å². The summed E-state index contributed by atoms with van der Waals surface area (Å²) in [4.78, 5) is 20.6. The van der Waals surface area contributed by atoms with E-state index in [1.54, 1.807) is 21.9 Å². The van der Waals surface area contributed by atoms with Crippen LogP contribution in [0.5, 0.6) is 0 Å². The number of halogens is 1. The molecule has 6 nitrogen and oxygen atoms in total. The molecule has 8 heteroatoms. The minimum Gasteiger partial charge on any atom is -0.296 e. The monoisotopic (exact) mass is 339 g/mol. The topological polar surface area (TPSA) is 65.6 Å². The second kappa shape index (κ2) is 4.86. The molecular formula is C11H10BrN5OS. The first-order valence-electron chi connectivity index (χ1n) is 5.63. The Bertz CT molecular complexity index is 790. The Balaban J connectivity index is 1.89. The Morgan fingerprint density at radius 1 is 1.32 bits per heavy atom. The number of rotatable bonds is 3. The summed E-state index contributed by atoms with van der Waals surface area (Å²) < 4.78 is 4.54. The Kier molecular flexibility index (Phi) is 3.19. The molecule has 98 valence electrons. The maximum Gasteiger partial charge on any atom is 0.271 e. The van der Waals surface area contributed by atoms with Crippen molar-refractivity contribution in [2.75, 3.05) is 0 Å². The number of aromatic nitrogens is 5. The molecule has 0 amide bonds. The third-order valence-electron chi connectivity index (χ3n) is 2.80. The van der Waals surface area contributed by atoms with Crippen molar-refractivity contribution in [1.82, 2.24) is 24.3 Å². The fraction of sp³-hybridized carbons (Fsp3) is 0.273. The van der Waals surface area contributed by atoms with Gasteiger partial charge in [0.1, 0.15) is 11.0 Å². The van der Waals surface area contributed by atoms with E-state index < -0.39 is 0 Å². The largest absolute Gasteiger partial charge is 0.296 e. The normalized spacial score (nSPS) is 11.3. The van der Waals surface area contributed by atoms with Crippen molar-refractivity contribution < 1.29 is 0 Å². The molecule has 3 rings (SSSR count). The van der Waals surface area contributed by atoms with Crippen LogP contribution in [0.1, 0.15) is 5.56 Å². The lowest BCUT2D eigenvalue weighted by atomic mass is 10.3. The number of hydrogen-bond donors (Lipinski definition) is 0. The molecule has 3 heterocycles. The van der Waals surface area contributed by atoms with Gasteiger partial charge in [0.15, 0.2) is 0 Å². The molecule has 0 atom stereocenters. The second-order valence-electron chi connectivity index (χ2n) is 4.12. The first-order valence-corrected chi connectivity index (χ1v) is 7.30. The maximum atomic E-state index is 12.2. The van der Waals surface area contributed by atoms with E-state index in [2.05, 4.69) is 31.0 Å². The minimum absolute atomic E-state index is 0.00211. The molecule has 0 radical (unpaired) electrons. The second-order valence-corrected chi connectivity index (χ2v) is 5.71. The summed E-state index contributed by atoms with van der Waals surface area (Å²) in [5.74, 6) is 0. The van der Waals surface area contributed by atoms with Crippen molar-refractivity contribution in [2.45, 2.75) is 20.0 Å². The van der Waals surface area contributed by atoms with Crippen LogP contribution in [0.3, 0.4) is 0 Å². The van der Waals surface area contributed by atoms with Crippen molar-refractivity contribution in [2.24, 2.45) is 0 Å². The van der Waals surface area contributed by atoms with E-state index >= 15 is 0 Å². The third kappa shape index (κ3) is 2.33. The van der Waals surface area contributed by atoms with E-state index in [9.17, 15) is 4.79 Å². The van der Waals surface area contributed by atoms with Gasteiger partial charge in [0.2, 0.25) is 4.73 Å². The first-order chi connectivity index (χ1) is 9.15. The first kappa shape index (κ1) is 12.5. The van der Waals surface area contributed by atoms with Gasteiger partial charge in [-0.15, -0.1) is 16.4 Å². The summed E-state index contributed by atoms with van der Waals surface area (Å²) in [6, 6.07) is 0. The lowest BCUT2D eigenvalue weighted by molar-refractivity contribution is 0.519. The summed E-state index contributed by atoms with van der Waals surface area (Å²) in [6.45, 7) is 3.06. The molecule has 0 fully saturated rings. The van der Waals surface area contributed by atoms with Crippen LogP contribution in [-0.4, -0.2) is 24.3 Å². The number of aryl methyl sites for hydroxylation is 3. The minimum atomic E-state index is 0.00211. The Morgan fingerprint density at radius 2 is 2.16 bits per heavy atom. The molecule has 19 heavy (non-hydrogen) atoms. The van der Waals surface area contributed by atoms with Crippen molar-refractivity contribution in [1.29, 1.82) is 0 Å². The molecule has 0 aliphatic rings. The van der Waals surface area contributed by atoms with Crippen LogP contribution in [0.2, 0.25) is 0 Å². The van der Waals surface area contributed by atoms with Gasteiger partial charge in [-0.3, -0.25) is 9.36 Å². The molecule has 0 unspecified atom stereocenters. The van der Waals surface area contributed by atoms with Crippen LogP contribution in [0.4, 0.5) is 0 Å². The zero-order valence-electron chi connectivity index (χ0n) is 10.1. The highest BCUT2D eigenvalue weighted by Gasteiger charge is 2.08. The molecule has 0 N–H and O–H groups in total. The lowest BCUT2D eigenvalue weighted by Crippen LogP contribution is -2.22. The van der Waals surface area contributed by atoms with Crippen molar-refractivity contribution >= 4 is 37.5 Å². The van der Waals surface area contributed by atoms with Crippen LogP contribution in [0.15, 0.2) is 27.6 Å². The highest BCUT2D eigenvalue weighted by atomic mass is 79.9. The van der Waals surface area contributed by atoms with Gasteiger partial charge in [0.25, 0.3) is 5.56 Å². The molecule has 3 aromatic rings. The van der Waals surface area contributed by atoms with E-state index in [1.165, 1.54) is 11.3 Å². The van der Waals surface area contributed by atoms with Crippen molar-refractivity contribution in [3.05, 3.63) is 38.7 Å². The van der Waals surface area contributed by atoms with Gasteiger partial charge in [-0.05, 0) is 33.8 Å². The van der Waals surface area contributed by atoms with Crippen LogP contribution in [0, 0.1) is 6.92 Å². The van der Waals surface area contributed by atoms with Gasteiger partial charge in [-0.2, -0.15) is 0 Å². The summed E-state index contributed by atoms with van der Waals surface area (Å²) >= 11 is 4.63. The smallest absolute Gasteiger partial charge is 0.271 e. The predicted octanol–water partition coefficient (Wildman–Crippen LogP) is 1.82. The average molecular weight is 340 g/mol. The Labute approximate surface area is 120 Å². The van der Waals surface area contributed by atoms with E-state index in [0.29, 0.717) is 22.5 Å². The fourth-order valence-corrected chi connectivity index (χ4v) is 3.05. The summed E-state index contributed by atoms with van der Waals surface area (Å²) in [7, 11) is 0. The quantitative estimate of drug-likeness (QED) is 0.730. The van der Waals surface area contributed by atoms with Crippen LogP contribution in [-0.2, 0) is 13.1 Å². The molecular weight excluding hydrogens is 330 g/mol. The zero-order chi connectivity index (χ0) is 13.4. The molecule has 0 saturated carbocycles. The summed E-state index contributed by atoms with van der Waals surface area (Å²) in [6.07, 6.45) is 3.22. The molecule has 0 spiro atoms. The van der Waals surface area contributed by atoms with Crippen LogP contribution < -0.4 is 5.56 Å². The van der Waals surface area contributed by atoms with E-state index in [1.807, 2.05) is 12.3 Å². The third-order valence-corrected chi connectivity index (χ3v) is 4.24. The number of nitrogens with zero attached hydrogens (tertiary/aromatic N) is 5. The SMILES string of the molecule is Cc1csc2c(=O)n(CCn3cnc(Br)n3)cnc12. The van der Waals surface area contributed by atoms with Crippen LogP contribution in [0.25, 0.3) is 10.2 Å². The van der Waals surface area contributed by atoms with E-state index in [4.69, 9.17) is 0 Å². The van der Waals surface area contributed by atoms with Gasteiger partial charge < -0.3 is 0 Å². The van der Waals surface area contributed by atoms with E-state index in [0.717, 1.165) is 11.1 Å². The maximum absolute atomic E-state index is 12.2. The van der Waals surface area contributed by atoms with Crippen LogP contribution >= 0.6 is 27.3 Å². The molecule has 0 saturated heterocycles. The number of hydrogen-bond acceptors (Lipinski definition) is 5. The lowest BCUT2D eigenvalue weighted by Gasteiger charge is -2.04. The average Bonchev–Trinajstić information content (AvgIpc) is 2.96. The summed E-state index contributed by atoms with van der Waals surface area (Å²) in [5, 5.41) is 6.07. The highest BCUT2D eigenvalue weighted by Crippen LogP contribution is 2.19. The highest BCUT2D eigenvalue weighted by molar-refractivity contribution is 9.10. The fourth-order valence-electron chi connectivity index (χ4n) is 1.81. The van der Waals surface area contributed by atoms with Gasteiger partial charge in [-0.25, -0.2) is 14.6 Å². The Morgan fingerprint density at radius 3 is 2.89 bits per heavy atom. The summed E-state index contributed by atoms with van der Waals surface area (Å²) in [5.41, 5.74) is 1.85. The Hall–Kier alpha value is -1.54. The molecule has 0 bridgehead atoms. The van der Waals surface area contributed by atoms with Gasteiger partial charge in [-0.1, -0.05) is 0 Å². The van der Waals surface area contributed by atoms with Crippen molar-refractivity contribution in [3.63, 3.8) is 0 Å². The predicted molar refractivity (Wildman–Crippen MR) is 76.3 cm³/mol. The van der Waals surface area contributed by atoms with Gasteiger partial charge >= 0.3 is 0 Å². The molecule has 0 aromatic carbocycles. The zero-order valence-corrected chi connectivity index (χ0v) is 12.5. The van der Waals surface area contributed by atoms with Gasteiger partial charge in [0, 0.05) is 6.54 Å². The molecule has 3 aromatic heterocycles. The van der Waals surface area contributed by atoms with Crippen molar-refractivity contribution in [3.8, 4) is 0 Å².